The van der Waals surface area contributed by atoms with Crippen molar-refractivity contribution in [2.75, 3.05) is 44.2 Å². The van der Waals surface area contributed by atoms with E-state index >= 15 is 0 Å². The highest BCUT2D eigenvalue weighted by Gasteiger charge is 2.23. The highest BCUT2D eigenvalue weighted by atomic mass is 16.6. The summed E-state index contributed by atoms with van der Waals surface area (Å²) in [7, 11) is 0. The van der Waals surface area contributed by atoms with Gasteiger partial charge >= 0.3 is 0 Å². The van der Waals surface area contributed by atoms with E-state index in [4.69, 9.17) is 9.47 Å². The summed E-state index contributed by atoms with van der Waals surface area (Å²) < 4.78 is 11.8. The first kappa shape index (κ1) is 16.0. The van der Waals surface area contributed by atoms with Crippen molar-refractivity contribution in [3.8, 4) is 17.4 Å². The van der Waals surface area contributed by atoms with Crippen LogP contribution in [0.1, 0.15) is 6.42 Å². The summed E-state index contributed by atoms with van der Waals surface area (Å²) in [5, 5.41) is 9.48. The van der Waals surface area contributed by atoms with Gasteiger partial charge in [0.2, 0.25) is 11.8 Å². The van der Waals surface area contributed by atoms with Gasteiger partial charge in [-0.25, -0.2) is 4.98 Å². The maximum Gasteiger partial charge on any atom is 0.228 e. The van der Waals surface area contributed by atoms with E-state index < -0.39 is 0 Å². The fourth-order valence-electron chi connectivity index (χ4n) is 3.19. The molecule has 0 bridgehead atoms. The van der Waals surface area contributed by atoms with E-state index in [2.05, 4.69) is 19.8 Å². The maximum absolute atomic E-state index is 9.48. The molecule has 0 amide bonds. The monoisotopic (exact) mass is 342 g/mol. The predicted molar refractivity (Wildman–Crippen MR) is 93.3 cm³/mol. The van der Waals surface area contributed by atoms with E-state index in [9.17, 15) is 5.11 Å². The highest BCUT2D eigenvalue weighted by Crippen LogP contribution is 2.31. The van der Waals surface area contributed by atoms with Gasteiger partial charge in [0.05, 0.1) is 0 Å². The number of nitrogens with zero attached hydrogens (tertiary/aromatic N) is 4. The largest absolute Gasteiger partial charge is 0.493 e. The molecule has 4 rings (SSSR count). The molecule has 2 aliphatic heterocycles. The number of ether oxygens (including phenoxy) is 2. The Morgan fingerprint density at radius 1 is 1.08 bits per heavy atom. The number of piperazine rings is 1. The number of hydrogen-bond acceptors (Lipinski definition) is 7. The normalized spacial score (nSPS) is 20.5. The van der Waals surface area contributed by atoms with Crippen LogP contribution >= 0.6 is 0 Å². The maximum atomic E-state index is 9.48. The van der Waals surface area contributed by atoms with Crippen LogP contribution in [0.25, 0.3) is 0 Å². The first-order valence-corrected chi connectivity index (χ1v) is 8.66. The zero-order valence-corrected chi connectivity index (χ0v) is 14.0. The van der Waals surface area contributed by atoms with Gasteiger partial charge in [0.15, 0.2) is 11.5 Å². The molecule has 0 radical (unpaired) electrons. The lowest BCUT2D eigenvalue weighted by molar-refractivity contribution is 0.0743. The fraction of sp³-hybridized carbons (Fsp3) is 0.444. The minimum Gasteiger partial charge on any atom is -0.493 e. The Hall–Kier alpha value is -2.54. The third kappa shape index (κ3) is 3.76. The number of rotatable bonds is 4. The SMILES string of the molecule is Oc1ccnc(N2CCN(CCC3COc4ccccc4O3)CC2)n1. The van der Waals surface area contributed by atoms with Crippen molar-refractivity contribution in [3.63, 3.8) is 0 Å². The van der Waals surface area contributed by atoms with Gasteiger partial charge in [-0.2, -0.15) is 4.98 Å². The van der Waals surface area contributed by atoms with E-state index in [1.54, 1.807) is 6.20 Å². The Labute approximate surface area is 146 Å². The molecular weight excluding hydrogens is 320 g/mol. The molecule has 1 fully saturated rings. The number of aromatic hydroxyl groups is 1. The Balaban J connectivity index is 1.24. The lowest BCUT2D eigenvalue weighted by atomic mass is 10.2. The molecule has 25 heavy (non-hydrogen) atoms. The Morgan fingerprint density at radius 3 is 2.68 bits per heavy atom. The summed E-state index contributed by atoms with van der Waals surface area (Å²) in [6.45, 7) is 5.19. The van der Waals surface area contributed by atoms with Crippen LogP contribution in [-0.4, -0.2) is 65.4 Å². The quantitative estimate of drug-likeness (QED) is 0.903. The van der Waals surface area contributed by atoms with Gasteiger partial charge in [0.1, 0.15) is 12.7 Å². The van der Waals surface area contributed by atoms with Crippen molar-refractivity contribution in [2.45, 2.75) is 12.5 Å². The van der Waals surface area contributed by atoms with Crippen LogP contribution in [0.2, 0.25) is 0 Å². The predicted octanol–water partition coefficient (Wildman–Crippen LogP) is 1.53. The van der Waals surface area contributed by atoms with Crippen molar-refractivity contribution in [1.82, 2.24) is 14.9 Å². The van der Waals surface area contributed by atoms with Gasteiger partial charge < -0.3 is 19.5 Å². The number of aromatic nitrogens is 2. The highest BCUT2D eigenvalue weighted by molar-refractivity contribution is 5.40. The van der Waals surface area contributed by atoms with Crippen LogP contribution in [-0.2, 0) is 0 Å². The molecule has 2 aromatic rings. The van der Waals surface area contributed by atoms with Crippen LogP contribution < -0.4 is 14.4 Å². The van der Waals surface area contributed by atoms with Crippen molar-refractivity contribution >= 4 is 5.95 Å². The molecule has 1 unspecified atom stereocenters. The second-order valence-electron chi connectivity index (χ2n) is 6.33. The first-order chi connectivity index (χ1) is 12.3. The van der Waals surface area contributed by atoms with Crippen LogP contribution in [0.3, 0.4) is 0 Å². The smallest absolute Gasteiger partial charge is 0.228 e. The Kier molecular flexibility index (Phi) is 4.56. The van der Waals surface area contributed by atoms with Crippen molar-refractivity contribution in [1.29, 1.82) is 0 Å². The van der Waals surface area contributed by atoms with Gasteiger partial charge in [-0.05, 0) is 12.1 Å². The van der Waals surface area contributed by atoms with Crippen LogP contribution in [0, 0.1) is 0 Å². The zero-order valence-electron chi connectivity index (χ0n) is 14.0. The molecule has 1 aromatic carbocycles. The molecule has 0 saturated carbocycles. The topological polar surface area (TPSA) is 71.0 Å². The number of para-hydroxylation sites is 2. The lowest BCUT2D eigenvalue weighted by Crippen LogP contribution is -2.48. The molecular formula is C18H22N4O3. The van der Waals surface area contributed by atoms with Gasteiger partial charge in [-0.1, -0.05) is 12.1 Å². The second kappa shape index (κ2) is 7.14. The Morgan fingerprint density at radius 2 is 1.88 bits per heavy atom. The number of hydrogen-bond donors (Lipinski definition) is 1. The summed E-state index contributed by atoms with van der Waals surface area (Å²) in [6, 6.07) is 9.30. The number of anilines is 1. The lowest BCUT2D eigenvalue weighted by Gasteiger charge is -2.35. The standard InChI is InChI=1S/C18H22N4O3/c23-17-5-7-19-18(20-17)22-11-9-21(10-12-22)8-6-14-13-24-15-3-1-2-4-16(15)25-14/h1-5,7,14H,6,8-13H2,(H,19,20,23). The molecule has 0 aliphatic carbocycles. The molecule has 2 aliphatic rings. The summed E-state index contributed by atoms with van der Waals surface area (Å²) in [4.78, 5) is 12.8. The molecule has 1 N–H and O–H groups in total. The molecule has 7 nitrogen and oxygen atoms in total. The second-order valence-corrected chi connectivity index (χ2v) is 6.33. The number of fused-ring (bicyclic) bond motifs is 1. The number of benzene rings is 1. The van der Waals surface area contributed by atoms with Gasteiger partial charge in [-0.15, -0.1) is 0 Å². The van der Waals surface area contributed by atoms with E-state index in [1.807, 2.05) is 24.3 Å². The van der Waals surface area contributed by atoms with E-state index in [0.717, 1.165) is 50.6 Å². The minimum atomic E-state index is 0.0159. The average molecular weight is 342 g/mol. The average Bonchev–Trinajstić information content (AvgIpc) is 2.66. The molecule has 3 heterocycles. The van der Waals surface area contributed by atoms with Crippen molar-refractivity contribution < 1.29 is 14.6 Å². The van der Waals surface area contributed by atoms with E-state index in [1.165, 1.54) is 6.07 Å². The van der Waals surface area contributed by atoms with Crippen LogP contribution in [0.15, 0.2) is 36.5 Å². The molecule has 1 saturated heterocycles. The third-order valence-corrected chi connectivity index (χ3v) is 4.62. The molecule has 1 atom stereocenters. The van der Waals surface area contributed by atoms with Crippen molar-refractivity contribution in [2.24, 2.45) is 0 Å². The molecule has 7 heteroatoms. The molecule has 0 spiro atoms. The van der Waals surface area contributed by atoms with Crippen LogP contribution in [0.5, 0.6) is 17.4 Å². The summed E-state index contributed by atoms with van der Waals surface area (Å²) >= 11 is 0. The summed E-state index contributed by atoms with van der Waals surface area (Å²) in [5.41, 5.74) is 0. The fourth-order valence-corrected chi connectivity index (χ4v) is 3.19. The first-order valence-electron chi connectivity index (χ1n) is 8.66. The molecule has 132 valence electrons. The summed E-state index contributed by atoms with van der Waals surface area (Å²) in [5.74, 6) is 2.28. The van der Waals surface area contributed by atoms with E-state index in [0.29, 0.717) is 12.6 Å². The Bertz CT molecular complexity index is 719. The van der Waals surface area contributed by atoms with Crippen LogP contribution in [0.4, 0.5) is 5.95 Å². The zero-order chi connectivity index (χ0) is 17.1. The molecule has 1 aromatic heterocycles. The van der Waals surface area contributed by atoms with Gasteiger partial charge in [0.25, 0.3) is 0 Å². The van der Waals surface area contributed by atoms with E-state index in [-0.39, 0.29) is 12.0 Å². The van der Waals surface area contributed by atoms with Gasteiger partial charge in [0, 0.05) is 51.4 Å². The summed E-state index contributed by atoms with van der Waals surface area (Å²) in [6.07, 6.45) is 2.63. The third-order valence-electron chi connectivity index (χ3n) is 4.62. The minimum absolute atomic E-state index is 0.0159. The van der Waals surface area contributed by atoms with Gasteiger partial charge in [-0.3, -0.25) is 4.90 Å². The van der Waals surface area contributed by atoms with Crippen molar-refractivity contribution in [3.05, 3.63) is 36.5 Å².